The Labute approximate surface area is 153 Å². The van der Waals surface area contributed by atoms with Crippen LogP contribution >= 0.6 is 0 Å². The summed E-state index contributed by atoms with van der Waals surface area (Å²) in [5.74, 6) is 0. The Hall–Kier alpha value is -1.93. The first-order chi connectivity index (χ1) is 11.7. The summed E-state index contributed by atoms with van der Waals surface area (Å²) >= 11 is 0. The first kappa shape index (κ1) is 17.9. The highest BCUT2D eigenvalue weighted by molar-refractivity contribution is 6.88. The van der Waals surface area contributed by atoms with Crippen molar-refractivity contribution in [3.63, 3.8) is 0 Å². The van der Waals surface area contributed by atoms with Gasteiger partial charge in [0.05, 0.1) is 19.0 Å². The van der Waals surface area contributed by atoms with Crippen molar-refractivity contribution in [2.24, 2.45) is 7.05 Å². The number of aromatic nitrogens is 1. The first-order valence-electron chi connectivity index (χ1n) is 9.25. The Morgan fingerprint density at radius 1 is 0.960 bits per heavy atom. The number of hydrogen-bond acceptors (Lipinski definition) is 0. The molecular weight excluding hydrogens is 318 g/mol. The molecule has 0 spiro atoms. The molecule has 0 aliphatic heterocycles. The van der Waals surface area contributed by atoms with E-state index in [1.165, 1.54) is 43.9 Å². The van der Waals surface area contributed by atoms with Crippen molar-refractivity contribution in [2.45, 2.75) is 46.8 Å². The minimum Gasteiger partial charge on any atom is -0.200 e. The molecule has 0 aliphatic rings. The van der Waals surface area contributed by atoms with Crippen LogP contribution in [0, 0.1) is 13.8 Å². The van der Waals surface area contributed by atoms with Crippen LogP contribution < -0.4 is 9.75 Å². The minimum absolute atomic E-state index is 1.07. The molecule has 2 heteroatoms. The van der Waals surface area contributed by atoms with Crippen molar-refractivity contribution < 1.29 is 4.57 Å². The lowest BCUT2D eigenvalue weighted by Crippen LogP contribution is -2.37. The van der Waals surface area contributed by atoms with E-state index in [9.17, 15) is 0 Å². The van der Waals surface area contributed by atoms with Crippen LogP contribution in [0.5, 0.6) is 0 Å². The molecule has 0 saturated carbocycles. The molecule has 0 N–H and O–H groups in total. The predicted octanol–water partition coefficient (Wildman–Crippen LogP) is 5.06. The maximum atomic E-state index is 2.41. The van der Waals surface area contributed by atoms with Gasteiger partial charge in [0, 0.05) is 6.07 Å². The molecule has 0 saturated heterocycles. The van der Waals surface area contributed by atoms with E-state index in [1.807, 2.05) is 0 Å². The van der Waals surface area contributed by atoms with E-state index < -0.39 is 8.07 Å². The highest BCUT2D eigenvalue weighted by Crippen LogP contribution is 2.30. The molecule has 1 aromatic heterocycles. The van der Waals surface area contributed by atoms with E-state index in [4.69, 9.17) is 0 Å². The molecule has 0 fully saturated rings. The van der Waals surface area contributed by atoms with Gasteiger partial charge in [-0.1, -0.05) is 50.0 Å². The van der Waals surface area contributed by atoms with E-state index in [-0.39, 0.29) is 0 Å². The summed E-state index contributed by atoms with van der Waals surface area (Å²) in [5.41, 5.74) is 6.87. The maximum Gasteiger partial charge on any atom is 0.220 e. The molecule has 0 amide bonds. The summed E-state index contributed by atoms with van der Waals surface area (Å²) in [6.45, 7) is 14.0. The summed E-state index contributed by atoms with van der Waals surface area (Å²) in [4.78, 5) is 0. The van der Waals surface area contributed by atoms with Crippen molar-refractivity contribution in [1.29, 1.82) is 0 Å². The lowest BCUT2D eigenvalue weighted by atomic mass is 9.93. The molecule has 2 aromatic carbocycles. The Balaban J connectivity index is 2.33. The fourth-order valence-electron chi connectivity index (χ4n) is 3.56. The summed E-state index contributed by atoms with van der Waals surface area (Å²) in [6.07, 6.45) is 3.28. The van der Waals surface area contributed by atoms with Crippen LogP contribution in [-0.4, -0.2) is 8.07 Å². The SMILES string of the molecule is CCc1cc(C)c(C)c(-c2c3ccc([Si](C)(C)C)cc3cc[n+]2C)c1. The van der Waals surface area contributed by atoms with Gasteiger partial charge in [-0.3, -0.25) is 0 Å². The van der Waals surface area contributed by atoms with Gasteiger partial charge in [-0.25, -0.2) is 4.57 Å². The average Bonchev–Trinajstić information content (AvgIpc) is 2.56. The van der Waals surface area contributed by atoms with Crippen LogP contribution in [0.25, 0.3) is 22.0 Å². The van der Waals surface area contributed by atoms with Gasteiger partial charge in [-0.2, -0.15) is 0 Å². The van der Waals surface area contributed by atoms with E-state index in [0.717, 1.165) is 6.42 Å². The van der Waals surface area contributed by atoms with Crippen molar-refractivity contribution in [1.82, 2.24) is 0 Å². The Morgan fingerprint density at radius 2 is 1.68 bits per heavy atom. The van der Waals surface area contributed by atoms with Gasteiger partial charge in [-0.15, -0.1) is 0 Å². The smallest absolute Gasteiger partial charge is 0.200 e. The van der Waals surface area contributed by atoms with Gasteiger partial charge >= 0.3 is 0 Å². The zero-order chi connectivity index (χ0) is 18.4. The zero-order valence-corrected chi connectivity index (χ0v) is 17.7. The van der Waals surface area contributed by atoms with Crippen LogP contribution in [0.15, 0.2) is 42.6 Å². The van der Waals surface area contributed by atoms with E-state index in [2.05, 4.69) is 94.6 Å². The average molecular weight is 349 g/mol. The van der Waals surface area contributed by atoms with Crippen molar-refractivity contribution in [2.75, 3.05) is 0 Å². The molecule has 0 radical (unpaired) electrons. The van der Waals surface area contributed by atoms with Crippen LogP contribution in [0.1, 0.15) is 23.6 Å². The third-order valence-corrected chi connectivity index (χ3v) is 7.44. The van der Waals surface area contributed by atoms with E-state index in [0.29, 0.717) is 0 Å². The molecule has 3 rings (SSSR count). The monoisotopic (exact) mass is 348 g/mol. The topological polar surface area (TPSA) is 3.88 Å². The predicted molar refractivity (Wildman–Crippen MR) is 112 cm³/mol. The van der Waals surface area contributed by atoms with Gasteiger partial charge in [-0.05, 0) is 54.5 Å². The van der Waals surface area contributed by atoms with Crippen molar-refractivity contribution in [3.8, 4) is 11.3 Å². The number of pyridine rings is 1. The minimum atomic E-state index is -1.30. The first-order valence-corrected chi connectivity index (χ1v) is 12.8. The summed E-state index contributed by atoms with van der Waals surface area (Å²) < 4.78 is 2.28. The summed E-state index contributed by atoms with van der Waals surface area (Å²) in [6, 6.07) is 14.1. The second kappa shape index (κ2) is 6.42. The summed E-state index contributed by atoms with van der Waals surface area (Å²) in [7, 11) is 0.859. The number of rotatable bonds is 3. The Morgan fingerprint density at radius 3 is 2.32 bits per heavy atom. The van der Waals surface area contributed by atoms with Crippen LogP contribution in [0.3, 0.4) is 0 Å². The Kier molecular flexibility index (Phi) is 4.59. The molecule has 0 bridgehead atoms. The van der Waals surface area contributed by atoms with Crippen LogP contribution in [0.2, 0.25) is 19.6 Å². The van der Waals surface area contributed by atoms with Gasteiger partial charge < -0.3 is 0 Å². The van der Waals surface area contributed by atoms with E-state index in [1.54, 1.807) is 0 Å². The molecular formula is C23H30NSi+. The number of benzene rings is 2. The van der Waals surface area contributed by atoms with Crippen molar-refractivity contribution >= 4 is 24.0 Å². The highest BCUT2D eigenvalue weighted by atomic mass is 28.3. The second-order valence-electron chi connectivity index (χ2n) is 8.27. The normalized spacial score (nSPS) is 12.0. The number of fused-ring (bicyclic) bond motifs is 1. The van der Waals surface area contributed by atoms with Crippen molar-refractivity contribution in [3.05, 3.63) is 59.3 Å². The second-order valence-corrected chi connectivity index (χ2v) is 13.3. The summed E-state index contributed by atoms with van der Waals surface area (Å²) in [5, 5.41) is 4.23. The molecule has 1 nitrogen and oxygen atoms in total. The molecule has 3 aromatic rings. The third kappa shape index (κ3) is 3.28. The fourth-order valence-corrected chi connectivity index (χ4v) is 4.73. The maximum absolute atomic E-state index is 2.41. The molecule has 0 atom stereocenters. The number of hydrogen-bond donors (Lipinski definition) is 0. The standard InChI is InChI=1S/C23H30NSi/c1-8-18-13-16(2)17(3)22(14-18)23-21-10-9-20(25(5,6)7)15-19(21)11-12-24(23)4/h9-15H,8H2,1-7H3/q+1. The van der Waals surface area contributed by atoms with Gasteiger partial charge in [0.1, 0.15) is 7.05 Å². The fraction of sp³-hybridized carbons (Fsp3) is 0.348. The molecule has 1 heterocycles. The van der Waals surface area contributed by atoms with E-state index >= 15 is 0 Å². The Bertz CT molecular complexity index is 948. The lowest BCUT2D eigenvalue weighted by Gasteiger charge is -2.18. The van der Waals surface area contributed by atoms with Crippen LogP contribution in [-0.2, 0) is 13.5 Å². The van der Waals surface area contributed by atoms with Gasteiger partial charge in [0.15, 0.2) is 6.20 Å². The van der Waals surface area contributed by atoms with Gasteiger partial charge in [0.25, 0.3) is 0 Å². The number of aryl methyl sites for hydroxylation is 3. The third-order valence-electron chi connectivity index (χ3n) is 5.39. The number of nitrogens with zero attached hydrogens (tertiary/aromatic N) is 1. The lowest BCUT2D eigenvalue weighted by molar-refractivity contribution is -0.659. The quantitative estimate of drug-likeness (QED) is 0.460. The zero-order valence-electron chi connectivity index (χ0n) is 16.7. The molecule has 130 valence electrons. The molecule has 25 heavy (non-hydrogen) atoms. The van der Waals surface area contributed by atoms with Crippen LogP contribution in [0.4, 0.5) is 0 Å². The molecule has 0 unspecified atom stereocenters. The highest BCUT2D eigenvalue weighted by Gasteiger charge is 2.21. The largest absolute Gasteiger partial charge is 0.220 e. The van der Waals surface area contributed by atoms with Gasteiger partial charge in [0.2, 0.25) is 5.69 Å². The molecule has 0 aliphatic carbocycles.